The first-order valence-corrected chi connectivity index (χ1v) is 7.70. The zero-order chi connectivity index (χ0) is 15.4. The number of aromatic nitrogens is 2. The molecule has 1 aliphatic heterocycles. The van der Waals surface area contributed by atoms with E-state index in [1.54, 1.807) is 12.5 Å². The number of hydrogen-bond acceptors (Lipinski definition) is 3. The van der Waals surface area contributed by atoms with Gasteiger partial charge in [-0.25, -0.2) is 4.98 Å². The predicted molar refractivity (Wildman–Crippen MR) is 83.7 cm³/mol. The number of rotatable bonds is 4. The van der Waals surface area contributed by atoms with Crippen LogP contribution in [-0.2, 0) is 9.53 Å². The van der Waals surface area contributed by atoms with Crippen LogP contribution in [0.4, 0.5) is 0 Å². The number of ether oxygens (including phenoxy) is 1. The summed E-state index contributed by atoms with van der Waals surface area (Å²) in [6.07, 6.45) is 7.07. The molecule has 0 saturated carbocycles. The summed E-state index contributed by atoms with van der Waals surface area (Å²) in [4.78, 5) is 16.3. The number of amides is 1. The monoisotopic (exact) mass is 299 g/mol. The van der Waals surface area contributed by atoms with Crippen molar-refractivity contribution in [3.05, 3.63) is 48.5 Å². The molecule has 2 heterocycles. The van der Waals surface area contributed by atoms with Crippen LogP contribution in [0.15, 0.2) is 43.0 Å². The van der Waals surface area contributed by atoms with E-state index in [2.05, 4.69) is 10.3 Å². The largest absolute Gasteiger partial charge is 0.381 e. The summed E-state index contributed by atoms with van der Waals surface area (Å²) >= 11 is 0. The van der Waals surface area contributed by atoms with Gasteiger partial charge in [0.05, 0.1) is 12.4 Å². The lowest BCUT2D eigenvalue weighted by atomic mass is 9.98. The van der Waals surface area contributed by atoms with Crippen molar-refractivity contribution in [1.29, 1.82) is 0 Å². The molecule has 2 aromatic rings. The molecule has 1 fully saturated rings. The number of imidazole rings is 1. The average molecular weight is 299 g/mol. The van der Waals surface area contributed by atoms with Crippen LogP contribution in [0.1, 0.15) is 31.4 Å². The minimum atomic E-state index is 0.00665. The Labute approximate surface area is 130 Å². The van der Waals surface area contributed by atoms with Gasteiger partial charge in [-0.2, -0.15) is 0 Å². The molecule has 116 valence electrons. The average Bonchev–Trinajstić information content (AvgIpc) is 3.10. The molecule has 3 rings (SSSR count). The Morgan fingerprint density at radius 1 is 1.32 bits per heavy atom. The second-order valence-corrected chi connectivity index (χ2v) is 5.68. The van der Waals surface area contributed by atoms with Crippen LogP contribution in [0, 0.1) is 5.92 Å². The van der Waals surface area contributed by atoms with Crippen molar-refractivity contribution in [3.8, 4) is 5.69 Å². The number of nitrogens with zero attached hydrogens (tertiary/aromatic N) is 2. The maximum atomic E-state index is 12.3. The van der Waals surface area contributed by atoms with Crippen molar-refractivity contribution >= 4 is 5.91 Å². The molecule has 0 aliphatic carbocycles. The summed E-state index contributed by atoms with van der Waals surface area (Å²) in [6, 6.07) is 8.17. The van der Waals surface area contributed by atoms with Crippen LogP contribution in [-0.4, -0.2) is 28.7 Å². The van der Waals surface area contributed by atoms with E-state index in [9.17, 15) is 4.79 Å². The maximum Gasteiger partial charge on any atom is 0.223 e. The van der Waals surface area contributed by atoms with Crippen molar-refractivity contribution in [2.75, 3.05) is 13.2 Å². The molecule has 1 aliphatic rings. The SMILES string of the molecule is C[C@H](NC(=O)C1CCOCC1)c1ccc(-n2ccnc2)cc1. The highest BCUT2D eigenvalue weighted by Crippen LogP contribution is 2.19. The first-order chi connectivity index (χ1) is 10.7. The van der Waals surface area contributed by atoms with Gasteiger partial charge in [0.15, 0.2) is 0 Å². The zero-order valence-electron chi connectivity index (χ0n) is 12.7. The molecule has 1 aromatic heterocycles. The smallest absolute Gasteiger partial charge is 0.223 e. The van der Waals surface area contributed by atoms with Gasteiger partial charge in [0.25, 0.3) is 0 Å². The molecule has 0 unspecified atom stereocenters. The van der Waals surface area contributed by atoms with Gasteiger partial charge >= 0.3 is 0 Å². The molecule has 0 spiro atoms. The van der Waals surface area contributed by atoms with E-state index in [4.69, 9.17) is 4.74 Å². The molecule has 0 radical (unpaired) electrons. The lowest BCUT2D eigenvalue weighted by Crippen LogP contribution is -2.35. The topological polar surface area (TPSA) is 56.1 Å². The highest BCUT2D eigenvalue weighted by atomic mass is 16.5. The standard InChI is InChI=1S/C17H21N3O2/c1-13(19-17(21)15-6-10-22-11-7-15)14-2-4-16(5-3-14)20-9-8-18-12-20/h2-5,8-9,12-13,15H,6-7,10-11H2,1H3,(H,19,21)/t13-/m0/s1. The van der Waals surface area contributed by atoms with E-state index in [0.29, 0.717) is 13.2 Å². The Balaban J connectivity index is 1.62. The molecule has 0 bridgehead atoms. The predicted octanol–water partition coefficient (Wildman–Crippen LogP) is 2.48. The van der Waals surface area contributed by atoms with Gasteiger partial charge < -0.3 is 14.6 Å². The number of hydrogen-bond donors (Lipinski definition) is 1. The minimum absolute atomic E-state index is 0.00665. The van der Waals surface area contributed by atoms with Gasteiger partial charge in [-0.3, -0.25) is 4.79 Å². The van der Waals surface area contributed by atoms with E-state index in [-0.39, 0.29) is 17.9 Å². The fourth-order valence-electron chi connectivity index (χ4n) is 2.72. The lowest BCUT2D eigenvalue weighted by molar-refractivity contribution is -0.128. The summed E-state index contributed by atoms with van der Waals surface area (Å²) in [5.74, 6) is 0.218. The maximum absolute atomic E-state index is 12.3. The van der Waals surface area contributed by atoms with Crippen molar-refractivity contribution in [1.82, 2.24) is 14.9 Å². The van der Waals surface area contributed by atoms with Crippen LogP contribution in [0.5, 0.6) is 0 Å². The number of benzene rings is 1. The molecule has 5 nitrogen and oxygen atoms in total. The van der Waals surface area contributed by atoms with E-state index in [0.717, 1.165) is 24.1 Å². The van der Waals surface area contributed by atoms with E-state index in [1.807, 2.05) is 42.0 Å². The van der Waals surface area contributed by atoms with Gasteiger partial charge in [-0.15, -0.1) is 0 Å². The third-order valence-electron chi connectivity index (χ3n) is 4.15. The Hall–Kier alpha value is -2.14. The van der Waals surface area contributed by atoms with Gasteiger partial charge in [0, 0.05) is 37.2 Å². The van der Waals surface area contributed by atoms with Crippen molar-refractivity contribution in [3.63, 3.8) is 0 Å². The third-order valence-corrected chi connectivity index (χ3v) is 4.15. The Kier molecular flexibility index (Phi) is 4.53. The molecule has 1 saturated heterocycles. The van der Waals surface area contributed by atoms with Gasteiger partial charge in [-0.1, -0.05) is 12.1 Å². The summed E-state index contributed by atoms with van der Waals surface area (Å²) in [6.45, 7) is 3.39. The third kappa shape index (κ3) is 3.36. The summed E-state index contributed by atoms with van der Waals surface area (Å²) in [5.41, 5.74) is 2.16. The summed E-state index contributed by atoms with van der Waals surface area (Å²) in [7, 11) is 0. The summed E-state index contributed by atoms with van der Waals surface area (Å²) in [5, 5.41) is 3.11. The molecule has 1 atom stereocenters. The highest BCUT2D eigenvalue weighted by molar-refractivity contribution is 5.79. The van der Waals surface area contributed by atoms with E-state index >= 15 is 0 Å². The second-order valence-electron chi connectivity index (χ2n) is 5.68. The molecule has 1 amide bonds. The fraction of sp³-hybridized carbons (Fsp3) is 0.412. The normalized spacial score (nSPS) is 17.1. The minimum Gasteiger partial charge on any atom is -0.381 e. The van der Waals surface area contributed by atoms with Crippen LogP contribution in [0.3, 0.4) is 0 Å². The Morgan fingerprint density at radius 3 is 2.68 bits per heavy atom. The van der Waals surface area contributed by atoms with Crippen molar-refractivity contribution in [2.24, 2.45) is 5.92 Å². The van der Waals surface area contributed by atoms with Gasteiger partial charge in [0.1, 0.15) is 0 Å². The Morgan fingerprint density at radius 2 is 2.05 bits per heavy atom. The number of nitrogens with one attached hydrogen (secondary N) is 1. The van der Waals surface area contributed by atoms with Crippen LogP contribution < -0.4 is 5.32 Å². The lowest BCUT2D eigenvalue weighted by Gasteiger charge is -2.23. The van der Waals surface area contributed by atoms with Crippen LogP contribution in [0.25, 0.3) is 5.69 Å². The number of carbonyl (C=O) groups excluding carboxylic acids is 1. The Bertz CT molecular complexity index is 601. The van der Waals surface area contributed by atoms with Gasteiger partial charge in [0.2, 0.25) is 5.91 Å². The first-order valence-electron chi connectivity index (χ1n) is 7.70. The molecular formula is C17H21N3O2. The molecule has 22 heavy (non-hydrogen) atoms. The van der Waals surface area contributed by atoms with Crippen molar-refractivity contribution in [2.45, 2.75) is 25.8 Å². The fourth-order valence-corrected chi connectivity index (χ4v) is 2.72. The van der Waals surface area contributed by atoms with Crippen molar-refractivity contribution < 1.29 is 9.53 Å². The molecule has 5 heteroatoms. The quantitative estimate of drug-likeness (QED) is 0.943. The highest BCUT2D eigenvalue weighted by Gasteiger charge is 2.22. The van der Waals surface area contributed by atoms with E-state index < -0.39 is 0 Å². The first kappa shape index (κ1) is 14.8. The zero-order valence-corrected chi connectivity index (χ0v) is 12.7. The molecular weight excluding hydrogens is 278 g/mol. The van der Waals surface area contributed by atoms with E-state index in [1.165, 1.54) is 0 Å². The van der Waals surface area contributed by atoms with Crippen LogP contribution >= 0.6 is 0 Å². The van der Waals surface area contributed by atoms with Gasteiger partial charge in [-0.05, 0) is 37.5 Å². The molecule has 1 aromatic carbocycles. The summed E-state index contributed by atoms with van der Waals surface area (Å²) < 4.78 is 7.25. The molecule has 1 N–H and O–H groups in total. The second kappa shape index (κ2) is 6.75. The van der Waals surface area contributed by atoms with Crippen LogP contribution in [0.2, 0.25) is 0 Å². The number of carbonyl (C=O) groups is 1.